The van der Waals surface area contributed by atoms with E-state index in [0.29, 0.717) is 24.1 Å². The molecule has 0 N–H and O–H groups in total. The number of piperidine rings is 1. The molecule has 1 unspecified atom stereocenters. The van der Waals surface area contributed by atoms with Crippen LogP contribution in [-0.2, 0) is 20.9 Å². The van der Waals surface area contributed by atoms with Crippen LogP contribution in [0.2, 0.25) is 0 Å². The molecule has 0 saturated carbocycles. The number of carbonyl (C=O) groups excluding carboxylic acids is 3. The number of rotatable bonds is 4. The Hall–Kier alpha value is -2.95. The molecule has 0 aromatic heterocycles. The molecule has 3 rings (SSSR count). The number of allylic oxidation sites excluding steroid dienone is 3. The maximum Gasteiger partial charge on any atom is 0.255 e. The first-order chi connectivity index (χ1) is 12.5. The minimum absolute atomic E-state index is 0.190. The zero-order valence-electron chi connectivity index (χ0n) is 14.9. The van der Waals surface area contributed by atoms with Crippen LogP contribution in [0.5, 0.6) is 0 Å². The van der Waals surface area contributed by atoms with Crippen LogP contribution in [0.3, 0.4) is 0 Å². The molecule has 2 fully saturated rings. The summed E-state index contributed by atoms with van der Waals surface area (Å²) in [4.78, 5) is 40.8. The van der Waals surface area contributed by atoms with Gasteiger partial charge in [0.15, 0.2) is 0 Å². The van der Waals surface area contributed by atoms with E-state index in [0.717, 1.165) is 5.56 Å². The summed E-state index contributed by atoms with van der Waals surface area (Å²) in [6, 6.07) is 8.78. The number of benzene rings is 1. The molecule has 5 nitrogen and oxygen atoms in total. The van der Waals surface area contributed by atoms with Crippen LogP contribution in [0.4, 0.5) is 0 Å². The third-order valence-corrected chi connectivity index (χ3v) is 4.73. The fourth-order valence-corrected chi connectivity index (χ4v) is 3.34. The van der Waals surface area contributed by atoms with Crippen molar-refractivity contribution in [2.24, 2.45) is 0 Å². The maximum atomic E-state index is 12.9. The van der Waals surface area contributed by atoms with Gasteiger partial charge in [0.25, 0.3) is 11.8 Å². The molecule has 1 atom stereocenters. The lowest BCUT2D eigenvalue weighted by Crippen LogP contribution is -2.54. The number of amides is 3. The minimum atomic E-state index is -0.614. The topological polar surface area (TPSA) is 57.7 Å². The molecular weight excluding hydrogens is 328 g/mol. The van der Waals surface area contributed by atoms with Gasteiger partial charge < -0.3 is 4.90 Å². The highest BCUT2D eigenvalue weighted by Crippen LogP contribution is 2.29. The molecule has 0 bridgehead atoms. The summed E-state index contributed by atoms with van der Waals surface area (Å²) in [5.74, 6) is -0.691. The summed E-state index contributed by atoms with van der Waals surface area (Å²) in [5.41, 5.74) is 2.12. The van der Waals surface area contributed by atoms with Gasteiger partial charge in [-0.15, -0.1) is 0 Å². The zero-order chi connectivity index (χ0) is 18.7. The monoisotopic (exact) mass is 350 g/mol. The largest absolute Gasteiger partial charge is 0.322 e. The van der Waals surface area contributed by atoms with Crippen LogP contribution in [0.1, 0.15) is 25.3 Å². The summed E-state index contributed by atoms with van der Waals surface area (Å²) in [5, 5.41) is 0. The first-order valence-electron chi connectivity index (χ1n) is 8.73. The van der Waals surface area contributed by atoms with E-state index in [9.17, 15) is 14.4 Å². The Labute approximate surface area is 153 Å². The average Bonchev–Trinajstić information content (AvgIpc) is 2.92. The van der Waals surface area contributed by atoms with Crippen molar-refractivity contribution in [1.82, 2.24) is 9.80 Å². The van der Waals surface area contributed by atoms with Crippen molar-refractivity contribution >= 4 is 17.7 Å². The maximum absolute atomic E-state index is 12.9. The lowest BCUT2D eigenvalue weighted by molar-refractivity contribution is -0.156. The van der Waals surface area contributed by atoms with Crippen molar-refractivity contribution in [3.8, 4) is 0 Å². The van der Waals surface area contributed by atoms with Gasteiger partial charge >= 0.3 is 0 Å². The van der Waals surface area contributed by atoms with E-state index in [4.69, 9.17) is 0 Å². The lowest BCUT2D eigenvalue weighted by Gasteiger charge is -2.35. The van der Waals surface area contributed by atoms with Crippen LogP contribution in [0.15, 0.2) is 66.3 Å². The van der Waals surface area contributed by atoms with Gasteiger partial charge in [-0.1, -0.05) is 49.1 Å². The lowest BCUT2D eigenvalue weighted by atomic mass is 10.0. The Morgan fingerprint density at radius 2 is 1.92 bits per heavy atom. The predicted octanol–water partition coefficient (Wildman–Crippen LogP) is 2.61. The molecule has 2 heterocycles. The van der Waals surface area contributed by atoms with Crippen LogP contribution in [-0.4, -0.2) is 40.1 Å². The Morgan fingerprint density at radius 3 is 2.62 bits per heavy atom. The van der Waals surface area contributed by atoms with E-state index in [1.165, 1.54) is 4.90 Å². The van der Waals surface area contributed by atoms with Gasteiger partial charge in [0.1, 0.15) is 6.04 Å². The number of imide groups is 1. The van der Waals surface area contributed by atoms with E-state index < -0.39 is 6.04 Å². The molecule has 26 heavy (non-hydrogen) atoms. The molecule has 1 aromatic rings. The molecule has 1 aromatic carbocycles. The van der Waals surface area contributed by atoms with Crippen molar-refractivity contribution in [2.45, 2.75) is 32.4 Å². The van der Waals surface area contributed by atoms with E-state index >= 15 is 0 Å². The van der Waals surface area contributed by atoms with Crippen LogP contribution in [0.25, 0.3) is 0 Å². The Balaban J connectivity index is 1.81. The summed E-state index contributed by atoms with van der Waals surface area (Å²) in [7, 11) is 0. The molecule has 134 valence electrons. The minimum Gasteiger partial charge on any atom is -0.322 e. The number of carbonyl (C=O) groups is 3. The van der Waals surface area contributed by atoms with Gasteiger partial charge in [0, 0.05) is 18.5 Å². The van der Waals surface area contributed by atoms with Crippen molar-refractivity contribution in [2.75, 3.05) is 6.54 Å². The summed E-state index contributed by atoms with van der Waals surface area (Å²) in [6.45, 7) is 6.38. The predicted molar refractivity (Wildman–Crippen MR) is 98.8 cm³/mol. The smallest absolute Gasteiger partial charge is 0.255 e. The van der Waals surface area contributed by atoms with Gasteiger partial charge in [-0.25, -0.2) is 0 Å². The van der Waals surface area contributed by atoms with Gasteiger partial charge in [-0.2, -0.15) is 0 Å². The highest BCUT2D eigenvalue weighted by atomic mass is 16.2. The second-order valence-electron chi connectivity index (χ2n) is 6.50. The molecule has 0 aliphatic carbocycles. The molecule has 5 heteroatoms. The second kappa shape index (κ2) is 7.52. The van der Waals surface area contributed by atoms with Crippen molar-refractivity contribution < 1.29 is 14.4 Å². The number of nitrogens with zero attached hydrogens (tertiary/aromatic N) is 2. The van der Waals surface area contributed by atoms with E-state index in [1.807, 2.05) is 43.3 Å². The molecule has 0 spiro atoms. The zero-order valence-corrected chi connectivity index (χ0v) is 14.9. The van der Waals surface area contributed by atoms with Crippen molar-refractivity contribution in [1.29, 1.82) is 0 Å². The number of hydrogen-bond acceptors (Lipinski definition) is 3. The highest BCUT2D eigenvalue weighted by molar-refractivity contribution is 6.06. The van der Waals surface area contributed by atoms with Crippen molar-refractivity contribution in [3.63, 3.8) is 0 Å². The Morgan fingerprint density at radius 1 is 1.19 bits per heavy atom. The average molecular weight is 350 g/mol. The van der Waals surface area contributed by atoms with Crippen molar-refractivity contribution in [3.05, 3.63) is 71.8 Å². The standard InChI is InChI=1S/C21H22N2O3/c1-3-4-10-17-15(2)13-22(20(17)25)18-11-12-19(24)23(21(18)26)14-16-8-6-5-7-9-16/h3-10,18H,2,11-14H2,1H3/b4-3-,17-10+. The normalized spacial score (nSPS) is 23.0. The van der Waals surface area contributed by atoms with E-state index in [-0.39, 0.29) is 30.7 Å². The van der Waals surface area contributed by atoms with Gasteiger partial charge in [-0.05, 0) is 30.6 Å². The van der Waals surface area contributed by atoms with Crippen LogP contribution in [0, 0.1) is 0 Å². The molecule has 2 aliphatic heterocycles. The number of hydrogen-bond donors (Lipinski definition) is 0. The van der Waals surface area contributed by atoms with E-state index in [2.05, 4.69) is 6.58 Å². The summed E-state index contributed by atoms with van der Waals surface area (Å²) >= 11 is 0. The first-order valence-corrected chi connectivity index (χ1v) is 8.73. The van der Waals surface area contributed by atoms with Crippen LogP contribution < -0.4 is 0 Å². The Bertz CT molecular complexity index is 808. The number of likely N-dealkylation sites (tertiary alicyclic amines) is 2. The van der Waals surface area contributed by atoms with Gasteiger partial charge in [0.05, 0.1) is 6.54 Å². The fourth-order valence-electron chi connectivity index (χ4n) is 3.34. The third-order valence-electron chi connectivity index (χ3n) is 4.73. The summed E-state index contributed by atoms with van der Waals surface area (Å²) in [6.07, 6.45) is 5.97. The fraction of sp³-hybridized carbons (Fsp3) is 0.286. The molecule has 2 aliphatic rings. The first kappa shape index (κ1) is 17.9. The quantitative estimate of drug-likeness (QED) is 0.619. The Kier molecular flexibility index (Phi) is 5.16. The third kappa shape index (κ3) is 3.38. The molecule has 3 amide bonds. The molecule has 2 saturated heterocycles. The second-order valence-corrected chi connectivity index (χ2v) is 6.50. The van der Waals surface area contributed by atoms with Crippen LogP contribution >= 0.6 is 0 Å². The van der Waals surface area contributed by atoms with Gasteiger partial charge in [0.2, 0.25) is 5.91 Å². The summed E-state index contributed by atoms with van der Waals surface area (Å²) < 4.78 is 0. The SMILES string of the molecule is C=C1CN(C2CCC(=O)N(Cc3ccccc3)C2=O)C(=O)/C1=C/C=C\C. The molecular formula is C21H22N2O3. The highest BCUT2D eigenvalue weighted by Gasteiger charge is 2.43. The van der Waals surface area contributed by atoms with Gasteiger partial charge in [-0.3, -0.25) is 19.3 Å². The molecule has 0 radical (unpaired) electrons. The van der Waals surface area contributed by atoms with E-state index in [1.54, 1.807) is 17.1 Å².